The van der Waals surface area contributed by atoms with Crippen molar-refractivity contribution in [3.63, 3.8) is 0 Å². The standard InChI is InChI=1S/C10H18O4/c1-10(2)13-7-5-9(14-10)4-3-6-12-8-11/h3-4,9,11H,5-8H2,1-2H3/b4-3-/t9-/m1/s1. The van der Waals surface area contributed by atoms with Gasteiger partial charge in [0, 0.05) is 6.42 Å². The molecule has 1 rings (SSSR count). The minimum absolute atomic E-state index is 0.0843. The minimum Gasteiger partial charge on any atom is -0.371 e. The van der Waals surface area contributed by atoms with E-state index in [1.165, 1.54) is 0 Å². The van der Waals surface area contributed by atoms with Gasteiger partial charge in [-0.15, -0.1) is 0 Å². The lowest BCUT2D eigenvalue weighted by atomic mass is 10.2. The molecule has 1 atom stereocenters. The van der Waals surface area contributed by atoms with Crippen molar-refractivity contribution in [3.05, 3.63) is 12.2 Å². The second-order valence-corrected chi connectivity index (χ2v) is 3.62. The van der Waals surface area contributed by atoms with Crippen LogP contribution in [-0.4, -0.2) is 37.0 Å². The first-order valence-electron chi connectivity index (χ1n) is 4.81. The predicted octanol–water partition coefficient (Wildman–Crippen LogP) is 1.05. The highest BCUT2D eigenvalue weighted by Gasteiger charge is 2.27. The number of hydrogen-bond donors (Lipinski definition) is 1. The highest BCUT2D eigenvalue weighted by atomic mass is 16.7. The first-order valence-corrected chi connectivity index (χ1v) is 4.81. The monoisotopic (exact) mass is 202 g/mol. The van der Waals surface area contributed by atoms with Crippen LogP contribution in [0, 0.1) is 0 Å². The van der Waals surface area contributed by atoms with E-state index < -0.39 is 5.79 Å². The van der Waals surface area contributed by atoms with Crippen molar-refractivity contribution in [1.82, 2.24) is 0 Å². The van der Waals surface area contributed by atoms with E-state index in [1.807, 2.05) is 26.0 Å². The average molecular weight is 202 g/mol. The summed E-state index contributed by atoms with van der Waals surface area (Å²) in [4.78, 5) is 0. The van der Waals surface area contributed by atoms with Crippen LogP contribution in [0.25, 0.3) is 0 Å². The van der Waals surface area contributed by atoms with Crippen LogP contribution in [0.2, 0.25) is 0 Å². The molecule has 1 fully saturated rings. The van der Waals surface area contributed by atoms with E-state index in [9.17, 15) is 0 Å². The summed E-state index contributed by atoms with van der Waals surface area (Å²) >= 11 is 0. The fourth-order valence-corrected chi connectivity index (χ4v) is 1.34. The lowest BCUT2D eigenvalue weighted by Crippen LogP contribution is -2.38. The van der Waals surface area contributed by atoms with Crippen LogP contribution in [0.5, 0.6) is 0 Å². The van der Waals surface area contributed by atoms with Crippen LogP contribution < -0.4 is 0 Å². The van der Waals surface area contributed by atoms with Gasteiger partial charge in [-0.2, -0.15) is 0 Å². The van der Waals surface area contributed by atoms with Crippen molar-refractivity contribution in [2.45, 2.75) is 32.2 Å². The van der Waals surface area contributed by atoms with Gasteiger partial charge in [0.1, 0.15) is 6.79 Å². The number of aliphatic hydroxyl groups excluding tert-OH is 1. The van der Waals surface area contributed by atoms with Gasteiger partial charge in [0.25, 0.3) is 0 Å². The summed E-state index contributed by atoms with van der Waals surface area (Å²) in [7, 11) is 0. The maximum atomic E-state index is 8.38. The van der Waals surface area contributed by atoms with E-state index in [2.05, 4.69) is 0 Å². The molecule has 0 radical (unpaired) electrons. The summed E-state index contributed by atoms with van der Waals surface area (Å²) in [5, 5.41) is 8.38. The van der Waals surface area contributed by atoms with Crippen LogP contribution in [0.3, 0.4) is 0 Å². The van der Waals surface area contributed by atoms with E-state index in [0.717, 1.165) is 6.42 Å². The van der Waals surface area contributed by atoms with E-state index in [1.54, 1.807) is 0 Å². The largest absolute Gasteiger partial charge is 0.371 e. The fourth-order valence-electron chi connectivity index (χ4n) is 1.34. The van der Waals surface area contributed by atoms with Crippen molar-refractivity contribution in [1.29, 1.82) is 0 Å². The Balaban J connectivity index is 2.27. The highest BCUT2D eigenvalue weighted by molar-refractivity contribution is 4.91. The quantitative estimate of drug-likeness (QED) is 0.420. The maximum absolute atomic E-state index is 8.38. The second kappa shape index (κ2) is 5.46. The molecule has 0 bridgehead atoms. The molecule has 4 heteroatoms. The Morgan fingerprint density at radius 1 is 1.57 bits per heavy atom. The normalized spacial score (nSPS) is 26.9. The molecule has 0 saturated carbocycles. The van der Waals surface area contributed by atoms with Gasteiger partial charge in [-0.05, 0) is 13.8 Å². The first-order chi connectivity index (χ1) is 6.64. The Labute approximate surface area is 84.5 Å². The molecule has 1 heterocycles. The molecule has 0 spiro atoms. The molecule has 14 heavy (non-hydrogen) atoms. The molecule has 1 aliphatic rings. The van der Waals surface area contributed by atoms with E-state index in [4.69, 9.17) is 19.3 Å². The lowest BCUT2D eigenvalue weighted by molar-refractivity contribution is -0.262. The summed E-state index contributed by atoms with van der Waals surface area (Å²) in [6.07, 6.45) is 4.74. The zero-order valence-electron chi connectivity index (χ0n) is 8.73. The Hall–Kier alpha value is -0.420. The molecule has 1 saturated heterocycles. The van der Waals surface area contributed by atoms with Crippen molar-refractivity contribution in [2.75, 3.05) is 20.0 Å². The maximum Gasteiger partial charge on any atom is 0.163 e. The zero-order chi connectivity index (χ0) is 10.4. The van der Waals surface area contributed by atoms with Crippen LogP contribution in [-0.2, 0) is 14.2 Å². The molecule has 4 nitrogen and oxygen atoms in total. The third-order valence-corrected chi connectivity index (χ3v) is 1.94. The average Bonchev–Trinajstić information content (AvgIpc) is 2.11. The Kier molecular flexibility index (Phi) is 4.54. The molecule has 82 valence electrons. The Morgan fingerprint density at radius 3 is 3.00 bits per heavy atom. The zero-order valence-corrected chi connectivity index (χ0v) is 8.73. The third-order valence-electron chi connectivity index (χ3n) is 1.94. The first kappa shape index (κ1) is 11.7. The minimum atomic E-state index is -0.495. The van der Waals surface area contributed by atoms with Gasteiger partial charge < -0.3 is 19.3 Å². The number of hydrogen-bond acceptors (Lipinski definition) is 4. The Morgan fingerprint density at radius 2 is 2.36 bits per heavy atom. The smallest absolute Gasteiger partial charge is 0.163 e. The molecule has 1 N–H and O–H groups in total. The van der Waals surface area contributed by atoms with Crippen LogP contribution in [0.15, 0.2) is 12.2 Å². The number of aliphatic hydroxyl groups is 1. The van der Waals surface area contributed by atoms with Gasteiger partial charge in [-0.25, -0.2) is 0 Å². The van der Waals surface area contributed by atoms with Crippen LogP contribution in [0.1, 0.15) is 20.3 Å². The predicted molar refractivity (Wildman–Crippen MR) is 51.7 cm³/mol. The fraction of sp³-hybridized carbons (Fsp3) is 0.800. The Bertz CT molecular complexity index is 189. The molecule has 0 aromatic heterocycles. The lowest BCUT2D eigenvalue weighted by Gasteiger charge is -2.34. The van der Waals surface area contributed by atoms with E-state index in [0.29, 0.717) is 13.2 Å². The summed E-state index contributed by atoms with van der Waals surface area (Å²) in [5.41, 5.74) is 0. The van der Waals surface area contributed by atoms with E-state index >= 15 is 0 Å². The SMILES string of the molecule is CC1(C)OCC[C@@H](/C=C\COCO)O1. The number of ether oxygens (including phenoxy) is 3. The van der Waals surface area contributed by atoms with Crippen LogP contribution >= 0.6 is 0 Å². The van der Waals surface area contributed by atoms with E-state index in [-0.39, 0.29) is 12.9 Å². The van der Waals surface area contributed by atoms with Gasteiger partial charge >= 0.3 is 0 Å². The molecule has 0 amide bonds. The summed E-state index contributed by atoms with van der Waals surface area (Å²) in [6, 6.07) is 0. The molecule has 0 aromatic rings. The number of rotatable bonds is 4. The summed E-state index contributed by atoms with van der Waals surface area (Å²) in [6.45, 7) is 4.68. The summed E-state index contributed by atoms with van der Waals surface area (Å²) in [5.74, 6) is -0.495. The van der Waals surface area contributed by atoms with Gasteiger partial charge in [0.05, 0.1) is 19.3 Å². The molecular formula is C10H18O4. The van der Waals surface area contributed by atoms with Crippen molar-refractivity contribution in [3.8, 4) is 0 Å². The van der Waals surface area contributed by atoms with Crippen molar-refractivity contribution >= 4 is 0 Å². The van der Waals surface area contributed by atoms with Crippen molar-refractivity contribution < 1.29 is 19.3 Å². The second-order valence-electron chi connectivity index (χ2n) is 3.62. The van der Waals surface area contributed by atoms with Crippen LogP contribution in [0.4, 0.5) is 0 Å². The highest BCUT2D eigenvalue weighted by Crippen LogP contribution is 2.22. The molecular weight excluding hydrogens is 184 g/mol. The van der Waals surface area contributed by atoms with Crippen molar-refractivity contribution in [2.24, 2.45) is 0 Å². The summed E-state index contributed by atoms with van der Waals surface area (Å²) < 4.78 is 15.8. The third kappa shape index (κ3) is 4.19. The molecule has 1 aliphatic heterocycles. The van der Waals surface area contributed by atoms with Gasteiger partial charge in [-0.3, -0.25) is 0 Å². The van der Waals surface area contributed by atoms with Gasteiger partial charge in [0.2, 0.25) is 0 Å². The van der Waals surface area contributed by atoms with Gasteiger partial charge in [0.15, 0.2) is 5.79 Å². The molecule has 0 aromatic carbocycles. The topological polar surface area (TPSA) is 47.9 Å². The molecule has 0 unspecified atom stereocenters. The molecule has 0 aliphatic carbocycles. The van der Waals surface area contributed by atoms with Gasteiger partial charge in [-0.1, -0.05) is 12.2 Å².